The molecule has 0 aliphatic carbocycles. The third kappa shape index (κ3) is 2.46. The highest BCUT2D eigenvalue weighted by atomic mass is 35.5. The van der Waals surface area contributed by atoms with Crippen LogP contribution in [-0.4, -0.2) is 35.1 Å². The van der Waals surface area contributed by atoms with Gasteiger partial charge in [-0.3, -0.25) is 10.2 Å². The molecule has 2 amide bonds. The van der Waals surface area contributed by atoms with E-state index in [1.165, 1.54) is 12.1 Å². The lowest BCUT2D eigenvalue weighted by atomic mass is 10.2. The summed E-state index contributed by atoms with van der Waals surface area (Å²) >= 11 is 6.00. The molecular formula is C15H13ClFN5O. The van der Waals surface area contributed by atoms with Gasteiger partial charge in [0.05, 0.1) is 17.9 Å². The van der Waals surface area contributed by atoms with Crippen molar-refractivity contribution >= 4 is 35.0 Å². The number of anilines is 3. The normalized spacial score (nSPS) is 18.8. The van der Waals surface area contributed by atoms with Crippen molar-refractivity contribution in [3.63, 3.8) is 0 Å². The van der Waals surface area contributed by atoms with Crippen LogP contribution in [-0.2, 0) is 0 Å². The summed E-state index contributed by atoms with van der Waals surface area (Å²) in [5, 5.41) is 3.03. The Labute approximate surface area is 136 Å². The fourth-order valence-corrected chi connectivity index (χ4v) is 3.21. The number of pyridine rings is 2. The highest BCUT2D eigenvalue weighted by molar-refractivity contribution is 6.29. The summed E-state index contributed by atoms with van der Waals surface area (Å²) in [7, 11) is 0. The zero-order valence-corrected chi connectivity index (χ0v) is 12.8. The average molecular weight is 334 g/mol. The van der Waals surface area contributed by atoms with Gasteiger partial charge in [0.2, 0.25) is 0 Å². The molecule has 6 nitrogen and oxygen atoms in total. The van der Waals surface area contributed by atoms with E-state index in [-0.39, 0.29) is 12.1 Å². The Morgan fingerprint density at radius 2 is 2.22 bits per heavy atom. The Balaban J connectivity index is 1.67. The number of amides is 2. The van der Waals surface area contributed by atoms with Crippen molar-refractivity contribution in [2.45, 2.75) is 12.5 Å². The number of halogens is 2. The van der Waals surface area contributed by atoms with Gasteiger partial charge in [-0.25, -0.2) is 19.2 Å². The Morgan fingerprint density at radius 3 is 3.00 bits per heavy atom. The lowest BCUT2D eigenvalue weighted by Gasteiger charge is -2.35. The van der Waals surface area contributed by atoms with Gasteiger partial charge in [-0.1, -0.05) is 11.6 Å². The lowest BCUT2D eigenvalue weighted by molar-refractivity contribution is 0.254. The number of nitrogens with zero attached hydrogens (tertiary/aromatic N) is 4. The zero-order valence-electron chi connectivity index (χ0n) is 12.0. The maximum atomic E-state index is 12.9. The first kappa shape index (κ1) is 14.2. The molecule has 0 saturated carbocycles. The number of aromatic nitrogens is 2. The minimum atomic E-state index is -0.453. The van der Waals surface area contributed by atoms with Crippen LogP contribution in [0.5, 0.6) is 0 Å². The Morgan fingerprint density at radius 1 is 1.35 bits per heavy atom. The molecule has 0 aromatic carbocycles. The summed E-state index contributed by atoms with van der Waals surface area (Å²) in [5.74, 6) is 0.387. The largest absolute Gasteiger partial charge is 0.366 e. The third-order valence-corrected chi connectivity index (χ3v) is 4.31. The molecule has 2 aliphatic heterocycles. The smallest absolute Gasteiger partial charge is 0.329 e. The van der Waals surface area contributed by atoms with Gasteiger partial charge in [0.1, 0.15) is 16.8 Å². The molecule has 1 atom stereocenters. The molecule has 0 spiro atoms. The average Bonchev–Trinajstić information content (AvgIpc) is 2.94. The van der Waals surface area contributed by atoms with Gasteiger partial charge in [-0.05, 0) is 30.7 Å². The fourth-order valence-electron chi connectivity index (χ4n) is 3.07. The predicted molar refractivity (Wildman–Crippen MR) is 85.6 cm³/mol. The summed E-state index contributed by atoms with van der Waals surface area (Å²) in [6.07, 6.45) is 1.92. The van der Waals surface area contributed by atoms with Crippen molar-refractivity contribution in [1.82, 2.24) is 9.97 Å². The van der Waals surface area contributed by atoms with Gasteiger partial charge >= 0.3 is 6.03 Å². The maximum Gasteiger partial charge on any atom is 0.329 e. The molecule has 23 heavy (non-hydrogen) atoms. The molecule has 4 rings (SSSR count). The summed E-state index contributed by atoms with van der Waals surface area (Å²) in [6, 6.07) is 5.96. The van der Waals surface area contributed by atoms with Gasteiger partial charge in [0.25, 0.3) is 0 Å². The minimum Gasteiger partial charge on any atom is -0.366 e. The van der Waals surface area contributed by atoms with Gasteiger partial charge in [0.15, 0.2) is 5.82 Å². The number of carbonyl (C=O) groups is 1. The molecule has 0 unspecified atom stereocenters. The molecule has 1 saturated heterocycles. The molecule has 2 bridgehead atoms. The molecule has 4 heterocycles. The van der Waals surface area contributed by atoms with E-state index >= 15 is 0 Å². The third-order valence-electron chi connectivity index (χ3n) is 4.10. The Bertz CT molecular complexity index is 769. The first-order valence-electron chi connectivity index (χ1n) is 7.25. The second kappa shape index (κ2) is 5.34. The molecule has 0 radical (unpaired) electrons. The monoisotopic (exact) mass is 333 g/mol. The predicted octanol–water partition coefficient (Wildman–Crippen LogP) is 2.90. The first-order valence-corrected chi connectivity index (χ1v) is 7.63. The van der Waals surface area contributed by atoms with Gasteiger partial charge in [0, 0.05) is 13.1 Å². The lowest BCUT2D eigenvalue weighted by Crippen LogP contribution is -2.48. The molecule has 2 aromatic heterocycles. The fraction of sp³-hybridized carbons (Fsp3) is 0.267. The quantitative estimate of drug-likeness (QED) is 0.815. The van der Waals surface area contributed by atoms with E-state index < -0.39 is 5.82 Å². The summed E-state index contributed by atoms with van der Waals surface area (Å²) in [4.78, 5) is 24.7. The van der Waals surface area contributed by atoms with Crippen molar-refractivity contribution in [3.05, 3.63) is 41.4 Å². The molecule has 8 heteroatoms. The van der Waals surface area contributed by atoms with Crippen LogP contribution < -0.4 is 15.1 Å². The van der Waals surface area contributed by atoms with Crippen molar-refractivity contribution in [2.75, 3.05) is 28.2 Å². The second-order valence-electron chi connectivity index (χ2n) is 5.53. The van der Waals surface area contributed by atoms with Crippen LogP contribution in [0, 0.1) is 5.82 Å². The van der Waals surface area contributed by atoms with Crippen LogP contribution in [0.4, 0.5) is 26.5 Å². The van der Waals surface area contributed by atoms with Crippen molar-refractivity contribution < 1.29 is 9.18 Å². The van der Waals surface area contributed by atoms with Crippen LogP contribution >= 0.6 is 11.6 Å². The van der Waals surface area contributed by atoms with Crippen molar-refractivity contribution in [1.29, 1.82) is 0 Å². The van der Waals surface area contributed by atoms with E-state index in [9.17, 15) is 9.18 Å². The van der Waals surface area contributed by atoms with Gasteiger partial charge in [-0.2, -0.15) is 0 Å². The number of fused-ring (bicyclic) bond motifs is 4. The van der Waals surface area contributed by atoms with Gasteiger partial charge < -0.3 is 4.90 Å². The number of hydrogen-bond acceptors (Lipinski definition) is 4. The number of hydrogen-bond donors (Lipinski definition) is 1. The van der Waals surface area contributed by atoms with E-state index in [1.54, 1.807) is 11.0 Å². The van der Waals surface area contributed by atoms with E-state index in [0.29, 0.717) is 16.8 Å². The molecule has 2 aliphatic rings. The number of carbonyl (C=O) groups excluding carboxylic acids is 1. The van der Waals surface area contributed by atoms with E-state index in [4.69, 9.17) is 11.6 Å². The number of rotatable bonds is 1. The van der Waals surface area contributed by atoms with Crippen LogP contribution in [0.1, 0.15) is 6.42 Å². The first-order chi connectivity index (χ1) is 11.1. The Kier molecular flexibility index (Phi) is 3.30. The van der Waals surface area contributed by atoms with Crippen LogP contribution in [0.25, 0.3) is 0 Å². The van der Waals surface area contributed by atoms with E-state index in [2.05, 4.69) is 20.2 Å². The highest BCUT2D eigenvalue weighted by Gasteiger charge is 2.40. The highest BCUT2D eigenvalue weighted by Crippen LogP contribution is 2.39. The topological polar surface area (TPSA) is 61.4 Å². The maximum absolute atomic E-state index is 12.9. The second-order valence-corrected chi connectivity index (χ2v) is 5.91. The van der Waals surface area contributed by atoms with Crippen molar-refractivity contribution in [3.8, 4) is 0 Å². The molecular weight excluding hydrogens is 321 g/mol. The molecule has 118 valence electrons. The number of nitrogens with one attached hydrogen (secondary N) is 1. The zero-order chi connectivity index (χ0) is 16.0. The molecule has 1 N–H and O–H groups in total. The van der Waals surface area contributed by atoms with E-state index in [0.717, 1.165) is 31.4 Å². The molecule has 1 fully saturated rings. The van der Waals surface area contributed by atoms with Crippen LogP contribution in [0.15, 0.2) is 30.5 Å². The van der Waals surface area contributed by atoms with Crippen molar-refractivity contribution in [2.24, 2.45) is 0 Å². The summed E-state index contributed by atoms with van der Waals surface area (Å²) in [6.45, 7) is 1.64. The van der Waals surface area contributed by atoms with Crippen LogP contribution in [0.3, 0.4) is 0 Å². The van der Waals surface area contributed by atoms with Crippen LogP contribution in [0.2, 0.25) is 5.15 Å². The summed E-state index contributed by atoms with van der Waals surface area (Å²) in [5.41, 5.74) is 0.894. The number of urea groups is 1. The standard InChI is InChI=1S/C15H13ClFN5O/c16-12-3-2-11-14(19-12)22(10-5-6-21(11)8-10)15(23)20-13-4-1-9(17)7-18-13/h1-4,7,10H,5-6,8H2,(H,18,20,23)/t10-/m0/s1. The van der Waals surface area contributed by atoms with E-state index in [1.807, 2.05) is 6.07 Å². The van der Waals surface area contributed by atoms with Gasteiger partial charge in [-0.15, -0.1) is 0 Å². The SMILES string of the molecule is O=C(Nc1ccc(F)cn1)N1c2nc(Cl)ccc2N2CC[C@H]1C2. The Hall–Kier alpha value is -2.41. The molecule has 2 aromatic rings. The summed E-state index contributed by atoms with van der Waals surface area (Å²) < 4.78 is 12.9. The minimum absolute atomic E-state index is 0.0360.